The number of ether oxygens (including phenoxy) is 1. The average molecular weight is 340 g/mol. The lowest BCUT2D eigenvalue weighted by Gasteiger charge is -2.20. The van der Waals surface area contributed by atoms with Crippen LogP contribution < -0.4 is 10.1 Å². The fraction of sp³-hybridized carbons (Fsp3) is 0.562. The molecule has 0 radical (unpaired) electrons. The van der Waals surface area contributed by atoms with Crippen molar-refractivity contribution >= 4 is 15.9 Å². The Morgan fingerprint density at radius 2 is 1.74 bits per heavy atom. The molecule has 0 bridgehead atoms. The second kappa shape index (κ2) is 8.31. The zero-order chi connectivity index (χ0) is 16.7. The molecule has 7 heteroatoms. The molecule has 0 saturated carbocycles. The molecule has 1 aromatic carbocycles. The van der Waals surface area contributed by atoms with Crippen LogP contribution in [0, 0.1) is 0 Å². The first-order valence-corrected chi connectivity index (χ1v) is 9.48. The van der Waals surface area contributed by atoms with Gasteiger partial charge in [0.25, 0.3) is 5.91 Å². The number of carbonyl (C=O) groups excluding carboxylic acids is 1. The van der Waals surface area contributed by atoms with Gasteiger partial charge in [-0.2, -0.15) is 4.31 Å². The van der Waals surface area contributed by atoms with Crippen LogP contribution in [0.1, 0.15) is 32.6 Å². The second-order valence-electron chi connectivity index (χ2n) is 5.53. The number of likely N-dealkylation sites (N-methyl/N-ethyl adjacent to an activating group) is 1. The monoisotopic (exact) mass is 340 g/mol. The molecule has 0 atom stereocenters. The molecule has 0 aromatic heterocycles. The van der Waals surface area contributed by atoms with E-state index in [9.17, 15) is 13.2 Å². The summed E-state index contributed by atoms with van der Waals surface area (Å²) >= 11 is 0. The second-order valence-corrected chi connectivity index (χ2v) is 7.47. The maximum Gasteiger partial charge on any atom is 0.257 e. The zero-order valence-corrected chi connectivity index (χ0v) is 14.3. The first-order valence-electron chi connectivity index (χ1n) is 8.03. The van der Waals surface area contributed by atoms with Crippen LogP contribution in [0.15, 0.2) is 29.2 Å². The summed E-state index contributed by atoms with van der Waals surface area (Å²) in [6, 6.07) is 6.24. The quantitative estimate of drug-likeness (QED) is 0.856. The summed E-state index contributed by atoms with van der Waals surface area (Å²) in [6.07, 6.45) is 3.98. The van der Waals surface area contributed by atoms with E-state index in [1.807, 2.05) is 6.92 Å². The van der Waals surface area contributed by atoms with Crippen molar-refractivity contribution in [2.75, 3.05) is 26.2 Å². The van der Waals surface area contributed by atoms with Crippen molar-refractivity contribution < 1.29 is 17.9 Å². The van der Waals surface area contributed by atoms with E-state index in [2.05, 4.69) is 5.32 Å². The van der Waals surface area contributed by atoms with Crippen molar-refractivity contribution in [3.8, 4) is 5.75 Å². The Morgan fingerprint density at radius 3 is 2.30 bits per heavy atom. The zero-order valence-electron chi connectivity index (χ0n) is 13.5. The van der Waals surface area contributed by atoms with Crippen molar-refractivity contribution in [1.29, 1.82) is 0 Å². The fourth-order valence-electron chi connectivity index (χ4n) is 2.54. The molecule has 0 spiro atoms. The number of carbonyl (C=O) groups is 1. The van der Waals surface area contributed by atoms with E-state index in [4.69, 9.17) is 4.74 Å². The van der Waals surface area contributed by atoms with Crippen LogP contribution in [0.4, 0.5) is 0 Å². The van der Waals surface area contributed by atoms with Gasteiger partial charge >= 0.3 is 0 Å². The number of amides is 1. The number of hydrogen-bond donors (Lipinski definition) is 1. The largest absolute Gasteiger partial charge is 0.484 e. The third-order valence-corrected chi connectivity index (χ3v) is 5.68. The highest BCUT2D eigenvalue weighted by Crippen LogP contribution is 2.22. The molecular formula is C16H24N2O4S. The number of sulfonamides is 1. The summed E-state index contributed by atoms with van der Waals surface area (Å²) in [6.45, 7) is 3.47. The molecule has 1 fully saturated rings. The summed E-state index contributed by atoms with van der Waals surface area (Å²) in [7, 11) is -3.44. The van der Waals surface area contributed by atoms with E-state index < -0.39 is 10.0 Å². The van der Waals surface area contributed by atoms with Crippen molar-refractivity contribution in [1.82, 2.24) is 9.62 Å². The standard InChI is InChI=1S/C16H24N2O4S/c1-2-17-16(19)13-22-14-7-9-15(10-8-14)23(20,21)18-11-5-3-4-6-12-18/h7-10H,2-6,11-13H2,1H3,(H,17,19). The molecule has 1 amide bonds. The molecule has 1 aliphatic heterocycles. The van der Waals surface area contributed by atoms with Gasteiger partial charge in [-0.25, -0.2) is 8.42 Å². The Hall–Kier alpha value is -1.60. The van der Waals surface area contributed by atoms with Gasteiger partial charge in [-0.3, -0.25) is 4.79 Å². The van der Waals surface area contributed by atoms with Gasteiger partial charge in [-0.05, 0) is 44.0 Å². The van der Waals surface area contributed by atoms with Gasteiger partial charge in [-0.1, -0.05) is 12.8 Å². The van der Waals surface area contributed by atoms with Crippen LogP contribution in [0.3, 0.4) is 0 Å². The highest BCUT2D eigenvalue weighted by atomic mass is 32.2. The summed E-state index contributed by atoms with van der Waals surface area (Å²) < 4.78 is 32.1. The first-order chi connectivity index (χ1) is 11.0. The lowest BCUT2D eigenvalue weighted by molar-refractivity contribution is -0.122. The fourth-order valence-corrected chi connectivity index (χ4v) is 4.05. The van der Waals surface area contributed by atoms with Crippen LogP contribution in [-0.2, 0) is 14.8 Å². The predicted molar refractivity (Wildman–Crippen MR) is 87.8 cm³/mol. The Morgan fingerprint density at radius 1 is 1.13 bits per heavy atom. The molecule has 0 aliphatic carbocycles. The van der Waals surface area contributed by atoms with Crippen molar-refractivity contribution in [2.24, 2.45) is 0 Å². The average Bonchev–Trinajstić information content (AvgIpc) is 2.83. The van der Waals surface area contributed by atoms with E-state index in [1.165, 1.54) is 12.1 Å². The maximum absolute atomic E-state index is 12.6. The minimum absolute atomic E-state index is 0.0773. The smallest absolute Gasteiger partial charge is 0.257 e. The van der Waals surface area contributed by atoms with Crippen LogP contribution >= 0.6 is 0 Å². The highest BCUT2D eigenvalue weighted by molar-refractivity contribution is 7.89. The van der Waals surface area contributed by atoms with Gasteiger partial charge in [0.2, 0.25) is 10.0 Å². The molecule has 0 unspecified atom stereocenters. The number of hydrogen-bond acceptors (Lipinski definition) is 4. The lowest BCUT2D eigenvalue weighted by Crippen LogP contribution is -2.31. The maximum atomic E-state index is 12.6. The minimum Gasteiger partial charge on any atom is -0.484 e. The predicted octanol–water partition coefficient (Wildman–Crippen LogP) is 1.77. The van der Waals surface area contributed by atoms with Gasteiger partial charge in [0.15, 0.2) is 6.61 Å². The van der Waals surface area contributed by atoms with E-state index in [1.54, 1.807) is 16.4 Å². The molecular weight excluding hydrogens is 316 g/mol. The van der Waals surface area contributed by atoms with E-state index >= 15 is 0 Å². The van der Waals surface area contributed by atoms with Crippen molar-refractivity contribution in [2.45, 2.75) is 37.5 Å². The topological polar surface area (TPSA) is 75.7 Å². The summed E-state index contributed by atoms with van der Waals surface area (Å²) in [5.41, 5.74) is 0. The molecule has 2 rings (SSSR count). The SMILES string of the molecule is CCNC(=O)COc1ccc(S(=O)(=O)N2CCCCCC2)cc1. The summed E-state index contributed by atoms with van der Waals surface area (Å²) in [5, 5.41) is 2.63. The molecule has 6 nitrogen and oxygen atoms in total. The van der Waals surface area contributed by atoms with Gasteiger partial charge in [0.05, 0.1) is 4.90 Å². The normalized spacial score (nSPS) is 16.6. The van der Waals surface area contributed by atoms with Gasteiger partial charge < -0.3 is 10.1 Å². The molecule has 1 N–H and O–H groups in total. The minimum atomic E-state index is -3.44. The molecule has 1 saturated heterocycles. The number of rotatable bonds is 6. The third-order valence-electron chi connectivity index (χ3n) is 3.77. The van der Waals surface area contributed by atoms with E-state index in [0.29, 0.717) is 25.4 Å². The summed E-state index contributed by atoms with van der Waals surface area (Å²) in [5.74, 6) is 0.278. The van der Waals surface area contributed by atoms with E-state index in [-0.39, 0.29) is 17.4 Å². The van der Waals surface area contributed by atoms with E-state index in [0.717, 1.165) is 25.7 Å². The summed E-state index contributed by atoms with van der Waals surface area (Å²) in [4.78, 5) is 11.6. The van der Waals surface area contributed by atoms with Gasteiger partial charge in [0.1, 0.15) is 5.75 Å². The van der Waals surface area contributed by atoms with Crippen molar-refractivity contribution in [3.05, 3.63) is 24.3 Å². The van der Waals surface area contributed by atoms with Crippen LogP contribution in [0.25, 0.3) is 0 Å². The van der Waals surface area contributed by atoms with Crippen LogP contribution in [-0.4, -0.2) is 44.9 Å². The molecule has 1 heterocycles. The number of nitrogens with zero attached hydrogens (tertiary/aromatic N) is 1. The van der Waals surface area contributed by atoms with Crippen molar-refractivity contribution in [3.63, 3.8) is 0 Å². The van der Waals surface area contributed by atoms with Gasteiger partial charge in [0, 0.05) is 19.6 Å². The van der Waals surface area contributed by atoms with Gasteiger partial charge in [-0.15, -0.1) is 0 Å². The number of benzene rings is 1. The Labute approximate surface area is 137 Å². The van der Waals surface area contributed by atoms with Crippen LogP contribution in [0.5, 0.6) is 5.75 Å². The number of nitrogens with one attached hydrogen (secondary N) is 1. The van der Waals surface area contributed by atoms with Crippen LogP contribution in [0.2, 0.25) is 0 Å². The Balaban J connectivity index is 2.01. The molecule has 1 aliphatic rings. The Kier molecular flexibility index (Phi) is 6.41. The molecule has 128 valence electrons. The molecule has 23 heavy (non-hydrogen) atoms. The lowest BCUT2D eigenvalue weighted by atomic mass is 10.2. The molecule has 1 aromatic rings. The third kappa shape index (κ3) is 4.94. The Bertz CT molecular complexity index is 605. The first kappa shape index (κ1) is 17.7. The highest BCUT2D eigenvalue weighted by Gasteiger charge is 2.24.